The molecule has 1 aromatic carbocycles. The Morgan fingerprint density at radius 1 is 1.28 bits per heavy atom. The molecule has 1 aliphatic heterocycles. The van der Waals surface area contributed by atoms with Crippen molar-refractivity contribution in [3.63, 3.8) is 0 Å². The molecule has 5 N–H and O–H groups in total. The van der Waals surface area contributed by atoms with E-state index >= 15 is 0 Å². The normalized spacial score (nSPS) is 14.9. The standard InChI is InChI=1S/C24H30F3N8P/c1-14(28)20-21(29)31-13-32-23(20)34-8-5-15(6-9-34)22-33-19(12-35(22)10-7-30-2)16-3-4-18(25)17(11-16)24(26,27)36/h3-4,11-13,15,30H,1,5-10,28,36H2,2H3,(H2,29,31,32). The molecular weight excluding hydrogens is 488 g/mol. The smallest absolute Gasteiger partial charge is 0.286 e. The number of nitrogens with zero attached hydrogens (tertiary/aromatic N) is 5. The number of piperidine rings is 1. The number of anilines is 2. The summed E-state index contributed by atoms with van der Waals surface area (Å²) in [5.41, 5.74) is 9.74. The van der Waals surface area contributed by atoms with Crippen LogP contribution in [0.4, 0.5) is 24.8 Å². The molecule has 0 saturated carbocycles. The topological polar surface area (TPSA) is 111 Å². The van der Waals surface area contributed by atoms with Gasteiger partial charge < -0.3 is 26.3 Å². The zero-order valence-electron chi connectivity index (χ0n) is 20.0. The van der Waals surface area contributed by atoms with Crippen LogP contribution < -0.4 is 21.7 Å². The van der Waals surface area contributed by atoms with Gasteiger partial charge in [-0.15, -0.1) is 0 Å². The van der Waals surface area contributed by atoms with Gasteiger partial charge in [-0.3, -0.25) is 0 Å². The molecule has 1 unspecified atom stereocenters. The number of imidazole rings is 1. The maximum atomic E-state index is 14.0. The molecule has 3 aromatic rings. The SMILES string of the molecule is C=C(N)c1c(N)ncnc1N1CCC(c2nc(-c3ccc(F)c(C(F)(F)P)c3)cn2CCNC)CC1. The van der Waals surface area contributed by atoms with Crippen LogP contribution in [-0.4, -0.2) is 46.2 Å². The van der Waals surface area contributed by atoms with Gasteiger partial charge in [-0.1, -0.05) is 15.8 Å². The fourth-order valence-electron chi connectivity index (χ4n) is 4.53. The lowest BCUT2D eigenvalue weighted by molar-refractivity contribution is 0.0993. The molecule has 8 nitrogen and oxygen atoms in total. The molecule has 0 amide bonds. The first-order valence-corrected chi connectivity index (χ1v) is 12.2. The maximum absolute atomic E-state index is 14.0. The molecule has 192 valence electrons. The molecule has 1 aliphatic rings. The highest BCUT2D eigenvalue weighted by Gasteiger charge is 2.30. The Morgan fingerprint density at radius 3 is 2.64 bits per heavy atom. The number of nitrogens with two attached hydrogens (primary N) is 2. The zero-order valence-corrected chi connectivity index (χ0v) is 21.2. The van der Waals surface area contributed by atoms with Crippen LogP contribution in [0.15, 0.2) is 37.3 Å². The van der Waals surface area contributed by atoms with Crippen LogP contribution in [-0.2, 0) is 12.2 Å². The molecule has 0 aliphatic carbocycles. The minimum atomic E-state index is -3.37. The Balaban J connectivity index is 1.61. The number of rotatable bonds is 8. The van der Waals surface area contributed by atoms with Gasteiger partial charge in [0.05, 0.1) is 16.8 Å². The van der Waals surface area contributed by atoms with Gasteiger partial charge in [-0.25, -0.2) is 19.3 Å². The Morgan fingerprint density at radius 2 is 2.00 bits per heavy atom. The van der Waals surface area contributed by atoms with Crippen molar-refractivity contribution in [2.45, 2.75) is 31.0 Å². The number of alkyl halides is 2. The number of nitrogen functional groups attached to an aromatic ring is 1. The Labute approximate surface area is 210 Å². The van der Waals surface area contributed by atoms with Crippen LogP contribution in [0.2, 0.25) is 0 Å². The molecule has 1 atom stereocenters. The van der Waals surface area contributed by atoms with Crippen molar-refractivity contribution in [2.75, 3.05) is 37.3 Å². The van der Waals surface area contributed by atoms with E-state index in [1.165, 1.54) is 27.7 Å². The molecule has 0 bridgehead atoms. The van der Waals surface area contributed by atoms with Crippen molar-refractivity contribution in [3.8, 4) is 11.3 Å². The van der Waals surface area contributed by atoms with Crippen molar-refractivity contribution in [3.05, 3.63) is 60.1 Å². The van der Waals surface area contributed by atoms with Gasteiger partial charge in [0.25, 0.3) is 5.66 Å². The lowest BCUT2D eigenvalue weighted by Gasteiger charge is -2.33. The summed E-state index contributed by atoms with van der Waals surface area (Å²) in [7, 11) is 3.25. The van der Waals surface area contributed by atoms with Crippen LogP contribution in [0.1, 0.15) is 35.7 Å². The molecule has 0 radical (unpaired) electrons. The summed E-state index contributed by atoms with van der Waals surface area (Å²) in [5.74, 6) is 1.00. The average Bonchev–Trinajstić information content (AvgIpc) is 3.26. The second kappa shape index (κ2) is 10.4. The minimum absolute atomic E-state index is 0.138. The van der Waals surface area contributed by atoms with Crippen LogP contribution in [0.3, 0.4) is 0 Å². The second-order valence-electron chi connectivity index (χ2n) is 8.84. The second-order valence-corrected chi connectivity index (χ2v) is 9.57. The van der Waals surface area contributed by atoms with Crippen LogP contribution in [0, 0.1) is 5.82 Å². The first-order chi connectivity index (χ1) is 17.1. The zero-order chi connectivity index (χ0) is 26.0. The summed E-state index contributed by atoms with van der Waals surface area (Å²) in [6.45, 7) is 6.55. The fourth-order valence-corrected chi connectivity index (χ4v) is 4.75. The Kier molecular flexibility index (Phi) is 7.51. The highest BCUT2D eigenvalue weighted by molar-refractivity contribution is 7.17. The number of aromatic nitrogens is 4. The van der Waals surface area contributed by atoms with Crippen molar-refractivity contribution < 1.29 is 13.2 Å². The van der Waals surface area contributed by atoms with E-state index in [1.807, 2.05) is 17.8 Å². The van der Waals surface area contributed by atoms with E-state index in [-0.39, 0.29) is 11.7 Å². The van der Waals surface area contributed by atoms with Crippen LogP contribution in [0.25, 0.3) is 17.0 Å². The number of hydrogen-bond donors (Lipinski definition) is 3. The van der Waals surface area contributed by atoms with Gasteiger partial charge >= 0.3 is 0 Å². The van der Waals surface area contributed by atoms with E-state index in [2.05, 4.69) is 26.8 Å². The van der Waals surface area contributed by atoms with Gasteiger partial charge in [0, 0.05) is 49.6 Å². The average molecular weight is 519 g/mol. The maximum Gasteiger partial charge on any atom is 0.286 e. The van der Waals surface area contributed by atoms with E-state index in [0.29, 0.717) is 54.5 Å². The van der Waals surface area contributed by atoms with Crippen molar-refractivity contribution in [2.24, 2.45) is 5.73 Å². The molecule has 12 heteroatoms. The quantitative estimate of drug-likeness (QED) is 0.392. The van der Waals surface area contributed by atoms with E-state index in [9.17, 15) is 13.2 Å². The number of benzene rings is 1. The summed E-state index contributed by atoms with van der Waals surface area (Å²) >= 11 is 0. The molecule has 1 saturated heterocycles. The third-order valence-corrected chi connectivity index (χ3v) is 6.68. The number of nitrogens with one attached hydrogen (secondary N) is 1. The van der Waals surface area contributed by atoms with E-state index in [4.69, 9.17) is 16.5 Å². The van der Waals surface area contributed by atoms with Gasteiger partial charge in [0.2, 0.25) is 0 Å². The molecule has 3 heterocycles. The Bertz CT molecular complexity index is 1250. The summed E-state index contributed by atoms with van der Waals surface area (Å²) in [6, 6.07) is 3.71. The number of halogens is 3. The van der Waals surface area contributed by atoms with Crippen molar-refractivity contribution in [1.82, 2.24) is 24.8 Å². The minimum Gasteiger partial charge on any atom is -0.399 e. The number of hydrogen-bond acceptors (Lipinski definition) is 7. The van der Waals surface area contributed by atoms with Gasteiger partial charge in [0.1, 0.15) is 29.6 Å². The predicted octanol–water partition coefficient (Wildman–Crippen LogP) is 3.52. The van der Waals surface area contributed by atoms with E-state index in [0.717, 1.165) is 24.7 Å². The number of likely N-dealkylation sites (N-methyl/N-ethyl adjacent to an activating group) is 1. The molecule has 4 rings (SSSR count). The molecular formula is C24H30F3N8P. The lowest BCUT2D eigenvalue weighted by Crippen LogP contribution is -2.35. The van der Waals surface area contributed by atoms with E-state index in [1.54, 1.807) is 0 Å². The third-order valence-electron chi connectivity index (χ3n) is 6.37. The molecule has 2 aromatic heterocycles. The first kappa shape index (κ1) is 25.9. The fraction of sp³-hybridized carbons (Fsp3) is 0.375. The van der Waals surface area contributed by atoms with E-state index < -0.39 is 17.0 Å². The molecule has 36 heavy (non-hydrogen) atoms. The highest BCUT2D eigenvalue weighted by atomic mass is 31.0. The summed E-state index contributed by atoms with van der Waals surface area (Å²) in [5, 5.41) is 3.13. The van der Waals surface area contributed by atoms with Crippen molar-refractivity contribution >= 4 is 26.6 Å². The largest absolute Gasteiger partial charge is 0.399 e. The van der Waals surface area contributed by atoms with Gasteiger partial charge in [-0.05, 0) is 38.1 Å². The lowest BCUT2D eigenvalue weighted by atomic mass is 9.95. The summed E-state index contributed by atoms with van der Waals surface area (Å²) in [6.07, 6.45) is 4.83. The predicted molar refractivity (Wildman–Crippen MR) is 139 cm³/mol. The molecule has 0 spiro atoms. The highest BCUT2D eigenvalue weighted by Crippen LogP contribution is 2.39. The van der Waals surface area contributed by atoms with Crippen molar-refractivity contribution in [1.29, 1.82) is 0 Å². The monoisotopic (exact) mass is 518 g/mol. The molecule has 1 fully saturated rings. The van der Waals surface area contributed by atoms with Crippen LogP contribution >= 0.6 is 9.24 Å². The van der Waals surface area contributed by atoms with Gasteiger partial charge in [0.15, 0.2) is 0 Å². The third kappa shape index (κ3) is 5.32. The van der Waals surface area contributed by atoms with Gasteiger partial charge in [-0.2, -0.15) is 8.78 Å². The summed E-state index contributed by atoms with van der Waals surface area (Å²) in [4.78, 5) is 15.4. The first-order valence-electron chi connectivity index (χ1n) is 11.6. The van der Waals surface area contributed by atoms with Crippen LogP contribution in [0.5, 0.6) is 0 Å². The Hall–Kier alpha value is -3.17. The summed E-state index contributed by atoms with van der Waals surface area (Å²) < 4.78 is 43.9.